The normalized spacial score (nSPS) is 22.5. The van der Waals surface area contributed by atoms with Crippen LogP contribution in [-0.2, 0) is 48.2 Å². The minimum absolute atomic E-state index is 0.00837. The fourth-order valence-corrected chi connectivity index (χ4v) is 5.62. The van der Waals surface area contributed by atoms with Gasteiger partial charge in [0.1, 0.15) is 24.7 Å². The van der Waals surface area contributed by atoms with Gasteiger partial charge in [-0.05, 0) is 30.7 Å². The van der Waals surface area contributed by atoms with Crippen molar-refractivity contribution in [2.75, 3.05) is 13.7 Å². The Balaban J connectivity index is 1.56. The van der Waals surface area contributed by atoms with Crippen molar-refractivity contribution in [2.45, 2.75) is 95.5 Å². The quantitative estimate of drug-likeness (QED) is 0.346. The van der Waals surface area contributed by atoms with Crippen LogP contribution in [0.1, 0.15) is 69.0 Å². The average molecular weight is 626 g/mol. The number of nitrogens with one attached hydrogen (secondary N) is 4. The molecular weight excluding hydrogens is 582 g/mol. The van der Waals surface area contributed by atoms with Crippen LogP contribution in [0, 0.1) is 5.92 Å². The lowest BCUT2D eigenvalue weighted by Crippen LogP contribution is -2.57. The average Bonchev–Trinajstić information content (AvgIpc) is 3.50. The molecule has 0 radical (unpaired) electrons. The molecule has 1 aliphatic carbocycles. The predicted octanol–water partition coefficient (Wildman–Crippen LogP) is 1.53. The number of aromatic nitrogens is 3. The van der Waals surface area contributed by atoms with E-state index < -0.39 is 42.0 Å². The molecule has 0 saturated heterocycles. The molecule has 1 saturated carbocycles. The molecule has 4 N–H and O–H groups in total. The number of methoxy groups -OCH3 is 1. The highest BCUT2D eigenvalue weighted by Crippen LogP contribution is 2.27. The third-order valence-electron chi connectivity index (χ3n) is 8.10. The van der Waals surface area contributed by atoms with E-state index in [1.165, 1.54) is 7.11 Å². The lowest BCUT2D eigenvalue weighted by Gasteiger charge is -2.29. The maximum absolute atomic E-state index is 13.8. The molecule has 4 rings (SSSR count). The topological polar surface area (TPSA) is 183 Å². The number of alkyl carbamates (subject to hydrolysis) is 1. The van der Waals surface area contributed by atoms with Crippen molar-refractivity contribution in [3.8, 4) is 0 Å². The van der Waals surface area contributed by atoms with Gasteiger partial charge in [0, 0.05) is 32.1 Å². The number of hydrogen-bond donors (Lipinski definition) is 4. The number of rotatable bonds is 6. The summed E-state index contributed by atoms with van der Waals surface area (Å²) in [6, 6.07) is 5.93. The summed E-state index contributed by atoms with van der Waals surface area (Å²) < 4.78 is 11.9. The van der Waals surface area contributed by atoms with Crippen molar-refractivity contribution in [2.24, 2.45) is 5.92 Å². The smallest absolute Gasteiger partial charge is 0.408 e. The Morgan fingerprint density at radius 1 is 1.00 bits per heavy atom. The second-order valence-electron chi connectivity index (χ2n) is 11.6. The molecule has 4 amide bonds. The summed E-state index contributed by atoms with van der Waals surface area (Å²) in [7, 11) is 1.21. The summed E-state index contributed by atoms with van der Waals surface area (Å²) in [6.45, 7) is 0.836. The molecule has 1 aromatic heterocycles. The van der Waals surface area contributed by atoms with E-state index in [0.29, 0.717) is 31.6 Å². The second-order valence-corrected chi connectivity index (χ2v) is 11.6. The van der Waals surface area contributed by atoms with E-state index >= 15 is 0 Å². The Morgan fingerprint density at radius 3 is 2.53 bits per heavy atom. The second kappa shape index (κ2) is 17.1. The summed E-state index contributed by atoms with van der Waals surface area (Å²) in [5.41, 5.74) is 1.23. The third kappa shape index (κ3) is 10.9. The molecular formula is C31H43N7O7. The van der Waals surface area contributed by atoms with Crippen LogP contribution in [-0.4, -0.2) is 76.6 Å². The van der Waals surface area contributed by atoms with Crippen molar-refractivity contribution >= 4 is 29.8 Å². The molecule has 0 spiro atoms. The van der Waals surface area contributed by atoms with Crippen LogP contribution in [0.3, 0.4) is 0 Å². The van der Waals surface area contributed by atoms with Crippen LogP contribution in [0.15, 0.2) is 36.5 Å². The number of fused-ring (bicyclic) bond motifs is 2. The first-order chi connectivity index (χ1) is 21.8. The zero-order valence-electron chi connectivity index (χ0n) is 25.7. The fraction of sp³-hybridized carbons (Fsp3) is 0.581. The van der Waals surface area contributed by atoms with E-state index in [1.54, 1.807) is 10.9 Å². The van der Waals surface area contributed by atoms with Gasteiger partial charge in [0.05, 0.1) is 12.8 Å². The SMILES string of the molecule is COC(=O)[C@@H]1CCC(=O)NCCCn2cc(nn2)C[C@H](NC(=O)OCc2ccccc2)C(=O)N[C@@H](CC2CCCCC2)C(=O)N1. The number of ether oxygens (including phenoxy) is 2. The van der Waals surface area contributed by atoms with Crippen LogP contribution in [0.25, 0.3) is 0 Å². The minimum Gasteiger partial charge on any atom is -0.467 e. The Morgan fingerprint density at radius 2 is 1.78 bits per heavy atom. The van der Waals surface area contributed by atoms with Gasteiger partial charge in [0.25, 0.3) is 0 Å². The first-order valence-corrected chi connectivity index (χ1v) is 15.6. The van der Waals surface area contributed by atoms with Gasteiger partial charge in [-0.3, -0.25) is 19.1 Å². The summed E-state index contributed by atoms with van der Waals surface area (Å²) in [5.74, 6) is -1.93. The summed E-state index contributed by atoms with van der Waals surface area (Å²) in [6.07, 6.45) is 6.79. The Kier molecular flexibility index (Phi) is 12.7. The first kappa shape index (κ1) is 33.4. The van der Waals surface area contributed by atoms with Crippen LogP contribution in [0.5, 0.6) is 0 Å². The fourth-order valence-electron chi connectivity index (χ4n) is 5.62. The molecule has 244 valence electrons. The molecule has 0 unspecified atom stereocenters. The molecule has 3 atom stereocenters. The van der Waals surface area contributed by atoms with Gasteiger partial charge in [-0.15, -0.1) is 5.10 Å². The molecule has 2 aromatic rings. The van der Waals surface area contributed by atoms with Crippen molar-refractivity contribution in [1.82, 2.24) is 36.3 Å². The number of esters is 1. The highest BCUT2D eigenvalue weighted by molar-refractivity contribution is 5.93. The van der Waals surface area contributed by atoms with Gasteiger partial charge in [-0.1, -0.05) is 67.6 Å². The van der Waals surface area contributed by atoms with E-state index in [-0.39, 0.29) is 37.7 Å². The number of carbonyl (C=O) groups excluding carboxylic acids is 5. The monoisotopic (exact) mass is 625 g/mol. The van der Waals surface area contributed by atoms with E-state index in [4.69, 9.17) is 9.47 Å². The maximum Gasteiger partial charge on any atom is 0.408 e. The largest absolute Gasteiger partial charge is 0.467 e. The van der Waals surface area contributed by atoms with Crippen LogP contribution < -0.4 is 21.3 Å². The summed E-state index contributed by atoms with van der Waals surface area (Å²) in [4.78, 5) is 65.3. The van der Waals surface area contributed by atoms with Gasteiger partial charge in [-0.2, -0.15) is 0 Å². The number of hydrogen-bond acceptors (Lipinski definition) is 9. The zero-order valence-corrected chi connectivity index (χ0v) is 25.7. The van der Waals surface area contributed by atoms with Crippen molar-refractivity contribution in [3.05, 3.63) is 47.8 Å². The number of benzene rings is 1. The molecule has 14 nitrogen and oxygen atoms in total. The number of carbonyl (C=O) groups is 5. The van der Waals surface area contributed by atoms with E-state index in [9.17, 15) is 24.0 Å². The van der Waals surface area contributed by atoms with Crippen LogP contribution in [0.2, 0.25) is 0 Å². The van der Waals surface area contributed by atoms with Gasteiger partial charge < -0.3 is 30.7 Å². The highest BCUT2D eigenvalue weighted by Gasteiger charge is 2.33. The number of nitrogens with zero attached hydrogens (tertiary/aromatic N) is 3. The van der Waals surface area contributed by atoms with E-state index in [0.717, 1.165) is 37.7 Å². The summed E-state index contributed by atoms with van der Waals surface area (Å²) >= 11 is 0. The van der Waals surface area contributed by atoms with E-state index in [2.05, 4.69) is 31.6 Å². The van der Waals surface area contributed by atoms with Gasteiger partial charge in [0.15, 0.2) is 0 Å². The first-order valence-electron chi connectivity index (χ1n) is 15.6. The van der Waals surface area contributed by atoms with Crippen molar-refractivity contribution < 1.29 is 33.4 Å². The lowest BCUT2D eigenvalue weighted by molar-refractivity contribution is -0.145. The molecule has 1 fully saturated rings. The minimum atomic E-state index is -1.13. The highest BCUT2D eigenvalue weighted by atomic mass is 16.5. The third-order valence-corrected chi connectivity index (χ3v) is 8.10. The van der Waals surface area contributed by atoms with Crippen molar-refractivity contribution in [3.63, 3.8) is 0 Å². The number of amides is 4. The predicted molar refractivity (Wildman–Crippen MR) is 161 cm³/mol. The van der Waals surface area contributed by atoms with E-state index in [1.807, 2.05) is 30.3 Å². The van der Waals surface area contributed by atoms with Gasteiger partial charge in [0.2, 0.25) is 17.7 Å². The molecule has 1 aliphatic heterocycles. The lowest BCUT2D eigenvalue weighted by atomic mass is 9.84. The maximum atomic E-state index is 13.8. The number of aryl methyl sites for hydroxylation is 1. The summed E-state index contributed by atoms with van der Waals surface area (Å²) in [5, 5.41) is 19.3. The van der Waals surface area contributed by atoms with Gasteiger partial charge >= 0.3 is 12.1 Å². The molecule has 45 heavy (non-hydrogen) atoms. The molecule has 2 bridgehead atoms. The molecule has 1 aromatic carbocycles. The zero-order chi connectivity index (χ0) is 32.0. The molecule has 2 heterocycles. The van der Waals surface area contributed by atoms with Crippen molar-refractivity contribution in [1.29, 1.82) is 0 Å². The molecule has 14 heteroatoms. The Bertz CT molecular complexity index is 1300. The Hall–Kier alpha value is -4.49. The molecule has 2 aliphatic rings. The van der Waals surface area contributed by atoms with Gasteiger partial charge in [-0.25, -0.2) is 9.59 Å². The van der Waals surface area contributed by atoms with Crippen LogP contribution in [0.4, 0.5) is 4.79 Å². The Labute approximate surface area is 262 Å². The van der Waals surface area contributed by atoms with Crippen LogP contribution >= 0.6 is 0 Å². The standard InChI is InChI=1S/C31H43N7O7/c1-44-30(42)24-13-14-27(39)32-15-8-16-38-19-23(36-37-38)18-26(35-31(43)45-20-22-11-6-3-7-12-22)29(41)34-25(28(40)33-24)17-21-9-4-2-5-10-21/h3,6-7,11-12,19,21,24-26H,2,4-5,8-10,13-18,20H2,1H3,(H,32,39)(H,33,40)(H,34,41)(H,35,43)/t24-,25-,26-/m0/s1.